The predicted octanol–water partition coefficient (Wildman–Crippen LogP) is 3.74. The van der Waals surface area contributed by atoms with E-state index in [4.69, 9.17) is 4.42 Å². The molecule has 1 aromatic heterocycles. The van der Waals surface area contributed by atoms with Gasteiger partial charge >= 0.3 is 6.01 Å². The second kappa shape index (κ2) is 7.44. The van der Waals surface area contributed by atoms with Gasteiger partial charge in [-0.3, -0.25) is 14.9 Å². The highest BCUT2D eigenvalue weighted by atomic mass is 16.4. The van der Waals surface area contributed by atoms with E-state index >= 15 is 0 Å². The van der Waals surface area contributed by atoms with Crippen LogP contribution in [0.15, 0.2) is 65.3 Å². The molecule has 2 N–H and O–H groups in total. The zero-order valence-electron chi connectivity index (χ0n) is 13.7. The van der Waals surface area contributed by atoms with Gasteiger partial charge in [-0.1, -0.05) is 25.1 Å². The van der Waals surface area contributed by atoms with Crippen molar-refractivity contribution in [2.24, 2.45) is 0 Å². The number of nitrogens with one attached hydrogen (secondary N) is 2. The summed E-state index contributed by atoms with van der Waals surface area (Å²) in [5.41, 5.74) is 2.39. The number of aromatic nitrogens is 1. The summed E-state index contributed by atoms with van der Waals surface area (Å²) >= 11 is 0. The highest BCUT2D eigenvalue weighted by Crippen LogP contribution is 2.14. The summed E-state index contributed by atoms with van der Waals surface area (Å²) in [5.74, 6) is -0.532. The van der Waals surface area contributed by atoms with Crippen LogP contribution in [0.25, 0.3) is 0 Å². The Balaban J connectivity index is 1.63. The van der Waals surface area contributed by atoms with Crippen LogP contribution in [0.5, 0.6) is 0 Å². The molecule has 0 saturated carbocycles. The van der Waals surface area contributed by atoms with E-state index in [1.54, 1.807) is 48.5 Å². The van der Waals surface area contributed by atoms with E-state index in [1.807, 2.05) is 13.0 Å². The monoisotopic (exact) mass is 335 g/mol. The number of hydrogen-bond donors (Lipinski definition) is 2. The Labute approximate surface area is 144 Å². The maximum absolute atomic E-state index is 12.2. The van der Waals surface area contributed by atoms with Gasteiger partial charge in [-0.25, -0.2) is 0 Å². The van der Waals surface area contributed by atoms with Gasteiger partial charge in [0.15, 0.2) is 0 Å². The number of amides is 2. The number of carbonyl (C=O) groups excluding carboxylic acids is 2. The summed E-state index contributed by atoms with van der Waals surface area (Å²) < 4.78 is 5.17. The van der Waals surface area contributed by atoms with Crippen molar-refractivity contribution in [3.63, 3.8) is 0 Å². The Morgan fingerprint density at radius 2 is 1.56 bits per heavy atom. The molecule has 6 heteroatoms. The van der Waals surface area contributed by atoms with E-state index in [0.29, 0.717) is 16.8 Å². The van der Waals surface area contributed by atoms with E-state index in [1.165, 1.54) is 6.26 Å². The van der Waals surface area contributed by atoms with E-state index in [-0.39, 0.29) is 17.8 Å². The molecule has 25 heavy (non-hydrogen) atoms. The van der Waals surface area contributed by atoms with Crippen molar-refractivity contribution in [2.75, 3.05) is 10.6 Å². The molecule has 0 atom stereocenters. The number of anilines is 2. The van der Waals surface area contributed by atoms with Gasteiger partial charge in [-0.15, -0.1) is 0 Å². The number of rotatable bonds is 5. The summed E-state index contributed by atoms with van der Waals surface area (Å²) in [7, 11) is 0. The van der Waals surface area contributed by atoms with E-state index in [9.17, 15) is 9.59 Å². The van der Waals surface area contributed by atoms with Crippen LogP contribution in [0.3, 0.4) is 0 Å². The molecule has 0 unspecified atom stereocenters. The van der Waals surface area contributed by atoms with Gasteiger partial charge in [-0.2, -0.15) is 4.98 Å². The van der Waals surface area contributed by atoms with Crippen LogP contribution in [0.1, 0.15) is 33.3 Å². The van der Waals surface area contributed by atoms with Crippen molar-refractivity contribution in [3.8, 4) is 0 Å². The van der Waals surface area contributed by atoms with Crippen molar-refractivity contribution >= 4 is 23.5 Å². The van der Waals surface area contributed by atoms with Crippen molar-refractivity contribution < 1.29 is 14.0 Å². The molecule has 0 aliphatic heterocycles. The zero-order valence-corrected chi connectivity index (χ0v) is 13.7. The average Bonchev–Trinajstić information content (AvgIpc) is 3.10. The van der Waals surface area contributed by atoms with Gasteiger partial charge in [0.1, 0.15) is 6.26 Å². The minimum Gasteiger partial charge on any atom is -0.432 e. The third kappa shape index (κ3) is 4.11. The summed E-state index contributed by atoms with van der Waals surface area (Å²) in [4.78, 5) is 28.4. The second-order valence-electron chi connectivity index (χ2n) is 5.35. The minimum absolute atomic E-state index is 0.170. The highest BCUT2D eigenvalue weighted by molar-refractivity contribution is 6.05. The van der Waals surface area contributed by atoms with Gasteiger partial charge in [0, 0.05) is 16.8 Å². The molecule has 3 rings (SSSR count). The largest absolute Gasteiger partial charge is 0.432 e. The minimum atomic E-state index is -0.328. The molecule has 0 radical (unpaired) electrons. The number of carbonyl (C=O) groups is 2. The lowest BCUT2D eigenvalue weighted by molar-refractivity contribution is 0.101. The van der Waals surface area contributed by atoms with E-state index in [0.717, 1.165) is 12.1 Å². The van der Waals surface area contributed by atoms with Crippen molar-refractivity contribution in [1.82, 2.24) is 4.98 Å². The maximum atomic E-state index is 12.2. The standard InChI is InChI=1S/C19H17N3O3/c1-2-15-12-25-19(21-15)22-18(24)14-8-10-16(11-9-14)20-17(23)13-6-4-3-5-7-13/h3-12H,2H2,1H3,(H,20,23)(H,21,22,24). The molecule has 1 heterocycles. The first-order chi connectivity index (χ1) is 12.2. The van der Waals surface area contributed by atoms with Crippen LogP contribution in [0.2, 0.25) is 0 Å². The molecule has 0 saturated heterocycles. The summed E-state index contributed by atoms with van der Waals surface area (Å²) in [6.45, 7) is 1.95. The fourth-order valence-corrected chi connectivity index (χ4v) is 2.19. The Hall–Kier alpha value is -3.41. The number of nitrogens with zero attached hydrogens (tertiary/aromatic N) is 1. The molecule has 126 valence electrons. The van der Waals surface area contributed by atoms with Gasteiger partial charge < -0.3 is 9.73 Å². The van der Waals surface area contributed by atoms with Crippen molar-refractivity contribution in [2.45, 2.75) is 13.3 Å². The van der Waals surface area contributed by atoms with Crippen molar-refractivity contribution in [3.05, 3.63) is 77.7 Å². The molecule has 3 aromatic rings. The fourth-order valence-electron chi connectivity index (χ4n) is 2.19. The molecule has 2 aromatic carbocycles. The highest BCUT2D eigenvalue weighted by Gasteiger charge is 2.11. The van der Waals surface area contributed by atoms with Crippen molar-refractivity contribution in [1.29, 1.82) is 0 Å². The summed E-state index contributed by atoms with van der Waals surface area (Å²) in [6, 6.07) is 15.7. The normalized spacial score (nSPS) is 10.3. The SMILES string of the molecule is CCc1coc(NC(=O)c2ccc(NC(=O)c3ccccc3)cc2)n1. The van der Waals surface area contributed by atoms with Crippen LogP contribution in [-0.2, 0) is 6.42 Å². The Bertz CT molecular complexity index is 870. The number of aryl methyl sites for hydroxylation is 1. The quantitative estimate of drug-likeness (QED) is 0.744. The lowest BCUT2D eigenvalue weighted by Crippen LogP contribution is -2.13. The molecule has 0 spiro atoms. The first-order valence-electron chi connectivity index (χ1n) is 7.88. The fraction of sp³-hybridized carbons (Fsp3) is 0.105. The molecule has 0 aliphatic rings. The number of oxazole rings is 1. The first-order valence-corrected chi connectivity index (χ1v) is 7.88. The van der Waals surface area contributed by atoms with Crippen LogP contribution in [0, 0.1) is 0 Å². The molecule has 0 aliphatic carbocycles. The van der Waals surface area contributed by atoms with Gasteiger partial charge in [0.2, 0.25) is 0 Å². The molecular weight excluding hydrogens is 318 g/mol. The maximum Gasteiger partial charge on any atom is 0.301 e. The molecule has 0 bridgehead atoms. The molecule has 6 nitrogen and oxygen atoms in total. The first kappa shape index (κ1) is 16.4. The van der Waals surface area contributed by atoms with Gasteiger partial charge in [-0.05, 0) is 42.8 Å². The summed E-state index contributed by atoms with van der Waals surface area (Å²) in [5, 5.41) is 5.38. The molecule has 2 amide bonds. The van der Waals surface area contributed by atoms with E-state index < -0.39 is 0 Å². The third-order valence-electron chi connectivity index (χ3n) is 3.58. The topological polar surface area (TPSA) is 84.2 Å². The van der Waals surface area contributed by atoms with Crippen LogP contribution < -0.4 is 10.6 Å². The summed E-state index contributed by atoms with van der Waals surface area (Å²) in [6.07, 6.45) is 2.24. The smallest absolute Gasteiger partial charge is 0.301 e. The molecule has 0 fully saturated rings. The van der Waals surface area contributed by atoms with Crippen LogP contribution >= 0.6 is 0 Å². The number of benzene rings is 2. The van der Waals surface area contributed by atoms with Crippen LogP contribution in [0.4, 0.5) is 11.7 Å². The van der Waals surface area contributed by atoms with Gasteiger partial charge in [0.05, 0.1) is 5.69 Å². The Morgan fingerprint density at radius 3 is 2.20 bits per heavy atom. The lowest BCUT2D eigenvalue weighted by Gasteiger charge is -2.06. The lowest BCUT2D eigenvalue weighted by atomic mass is 10.1. The Kier molecular flexibility index (Phi) is 4.89. The molecular formula is C19H17N3O3. The van der Waals surface area contributed by atoms with Gasteiger partial charge in [0.25, 0.3) is 11.8 Å². The second-order valence-corrected chi connectivity index (χ2v) is 5.35. The predicted molar refractivity (Wildman–Crippen MR) is 94.7 cm³/mol. The van der Waals surface area contributed by atoms with Crippen LogP contribution in [-0.4, -0.2) is 16.8 Å². The Morgan fingerprint density at radius 1 is 0.920 bits per heavy atom. The average molecular weight is 335 g/mol. The number of hydrogen-bond acceptors (Lipinski definition) is 4. The van der Waals surface area contributed by atoms with E-state index in [2.05, 4.69) is 15.6 Å². The zero-order chi connectivity index (χ0) is 17.6. The third-order valence-corrected chi connectivity index (χ3v) is 3.58.